The molecule has 1 aliphatic carbocycles. The molecule has 2 heterocycles. The Hall–Kier alpha value is -2.21. The van der Waals surface area contributed by atoms with Gasteiger partial charge in [0.15, 0.2) is 0 Å². The highest BCUT2D eigenvalue weighted by Gasteiger charge is 2.39. The van der Waals surface area contributed by atoms with E-state index in [1.165, 1.54) is 0 Å². The molecule has 6 nitrogen and oxygen atoms in total. The van der Waals surface area contributed by atoms with Gasteiger partial charge in [0.25, 0.3) is 5.56 Å². The first-order chi connectivity index (χ1) is 12.5. The van der Waals surface area contributed by atoms with Gasteiger partial charge in [-0.3, -0.25) is 14.2 Å². The molecular formula is C20H25N3O3. The number of carbonyl (C=O) groups is 1. The molecule has 1 saturated carbocycles. The van der Waals surface area contributed by atoms with Crippen molar-refractivity contribution >= 4 is 16.8 Å². The first kappa shape index (κ1) is 17.2. The monoisotopic (exact) mass is 355 g/mol. The third-order valence-electron chi connectivity index (χ3n) is 5.64. The van der Waals surface area contributed by atoms with Crippen molar-refractivity contribution in [2.24, 2.45) is 5.92 Å². The summed E-state index contributed by atoms with van der Waals surface area (Å²) >= 11 is 0. The van der Waals surface area contributed by atoms with E-state index in [0.717, 1.165) is 12.8 Å². The molecule has 0 spiro atoms. The quantitative estimate of drug-likeness (QED) is 0.906. The number of para-hydroxylation sites is 1. The van der Waals surface area contributed by atoms with Crippen LogP contribution in [0.25, 0.3) is 10.9 Å². The molecule has 2 aromatic rings. The molecule has 1 N–H and O–H groups in total. The fraction of sp³-hybridized carbons (Fsp3) is 0.550. The number of piperidine rings is 1. The van der Waals surface area contributed by atoms with Crippen LogP contribution in [0.1, 0.15) is 38.4 Å². The molecular weight excluding hydrogens is 330 g/mol. The average Bonchev–Trinajstić information content (AvgIpc) is 3.49. The van der Waals surface area contributed by atoms with Crippen LogP contribution in [0.4, 0.5) is 0 Å². The summed E-state index contributed by atoms with van der Waals surface area (Å²) < 4.78 is 1.63. The number of aromatic nitrogens is 2. The minimum atomic E-state index is -0.974. The zero-order valence-corrected chi connectivity index (χ0v) is 15.1. The topological polar surface area (TPSA) is 75.4 Å². The second-order valence-corrected chi connectivity index (χ2v) is 7.61. The maximum absolute atomic E-state index is 12.9. The molecule has 1 amide bonds. The lowest BCUT2D eigenvalue weighted by atomic mass is 9.90. The Morgan fingerprint density at radius 2 is 1.96 bits per heavy atom. The van der Waals surface area contributed by atoms with Gasteiger partial charge in [-0.15, -0.1) is 0 Å². The largest absolute Gasteiger partial charge is 0.388 e. The van der Waals surface area contributed by atoms with Crippen molar-refractivity contribution < 1.29 is 9.90 Å². The van der Waals surface area contributed by atoms with Crippen molar-refractivity contribution in [3.05, 3.63) is 40.4 Å². The summed E-state index contributed by atoms with van der Waals surface area (Å²) in [5.41, 5.74) is -0.377. The smallest absolute Gasteiger partial charge is 0.261 e. The second-order valence-electron chi connectivity index (χ2n) is 7.61. The molecule has 2 aliphatic rings. The first-order valence-corrected chi connectivity index (χ1v) is 9.50. The molecule has 6 heteroatoms. The maximum atomic E-state index is 12.9. The Morgan fingerprint density at radius 1 is 1.27 bits per heavy atom. The lowest BCUT2D eigenvalue weighted by molar-refractivity contribution is -0.137. The number of aryl methyl sites for hydroxylation is 1. The lowest BCUT2D eigenvalue weighted by Crippen LogP contribution is -2.50. The molecule has 0 radical (unpaired) electrons. The van der Waals surface area contributed by atoms with Crippen LogP contribution >= 0.6 is 0 Å². The Balaban J connectivity index is 1.57. The number of fused-ring (bicyclic) bond motifs is 1. The summed E-state index contributed by atoms with van der Waals surface area (Å²) in [7, 11) is 0. The number of aliphatic hydroxyl groups is 1. The van der Waals surface area contributed by atoms with E-state index in [1.54, 1.807) is 10.6 Å². The van der Waals surface area contributed by atoms with Crippen molar-refractivity contribution in [2.75, 3.05) is 13.1 Å². The average molecular weight is 355 g/mol. The summed E-state index contributed by atoms with van der Waals surface area (Å²) in [5.74, 6) is 1.13. The number of amides is 1. The highest BCUT2D eigenvalue weighted by Crippen LogP contribution is 2.33. The Bertz CT molecular complexity index is 893. The zero-order chi connectivity index (χ0) is 18.3. The molecule has 1 aromatic carbocycles. The maximum Gasteiger partial charge on any atom is 0.261 e. The SMILES string of the molecule is CCc1nc2ccccc2c(=O)n1CC1(O)CCN(C(=O)C2CC2)CC1. The first-order valence-electron chi connectivity index (χ1n) is 9.50. The lowest BCUT2D eigenvalue weighted by Gasteiger charge is -2.38. The molecule has 4 rings (SSSR count). The van der Waals surface area contributed by atoms with Crippen LogP contribution in [-0.2, 0) is 17.8 Å². The zero-order valence-electron chi connectivity index (χ0n) is 15.1. The molecule has 1 aromatic heterocycles. The second kappa shape index (κ2) is 6.50. The van der Waals surface area contributed by atoms with E-state index in [-0.39, 0.29) is 23.9 Å². The van der Waals surface area contributed by atoms with E-state index < -0.39 is 5.60 Å². The number of rotatable bonds is 4. The van der Waals surface area contributed by atoms with Crippen molar-refractivity contribution in [1.29, 1.82) is 0 Å². The predicted octanol–water partition coefficient (Wildman–Crippen LogP) is 1.72. The van der Waals surface area contributed by atoms with Crippen LogP contribution in [0.2, 0.25) is 0 Å². The van der Waals surface area contributed by atoms with Gasteiger partial charge in [-0.1, -0.05) is 19.1 Å². The molecule has 0 bridgehead atoms. The van der Waals surface area contributed by atoms with Gasteiger partial charge in [0.05, 0.1) is 23.0 Å². The molecule has 0 atom stereocenters. The van der Waals surface area contributed by atoms with Gasteiger partial charge >= 0.3 is 0 Å². The Morgan fingerprint density at radius 3 is 2.62 bits per heavy atom. The molecule has 26 heavy (non-hydrogen) atoms. The fourth-order valence-corrected chi connectivity index (χ4v) is 3.83. The number of hydrogen-bond donors (Lipinski definition) is 1. The predicted molar refractivity (Wildman–Crippen MR) is 98.9 cm³/mol. The van der Waals surface area contributed by atoms with Crippen LogP contribution in [0.5, 0.6) is 0 Å². The van der Waals surface area contributed by atoms with E-state index in [1.807, 2.05) is 30.0 Å². The van der Waals surface area contributed by atoms with E-state index in [0.29, 0.717) is 49.1 Å². The highest BCUT2D eigenvalue weighted by atomic mass is 16.3. The van der Waals surface area contributed by atoms with Gasteiger partial charge in [0, 0.05) is 25.4 Å². The van der Waals surface area contributed by atoms with Crippen molar-refractivity contribution in [3.63, 3.8) is 0 Å². The van der Waals surface area contributed by atoms with Gasteiger partial charge < -0.3 is 10.0 Å². The summed E-state index contributed by atoms with van der Waals surface area (Å²) in [6, 6.07) is 7.33. The standard InChI is InChI=1S/C20H25N3O3/c1-2-17-21-16-6-4-3-5-15(16)19(25)23(17)13-20(26)9-11-22(12-10-20)18(24)14-7-8-14/h3-6,14,26H,2,7-13H2,1H3. The minimum absolute atomic E-state index is 0.0997. The van der Waals surface area contributed by atoms with Crippen LogP contribution in [0, 0.1) is 5.92 Å². The summed E-state index contributed by atoms with van der Waals surface area (Å²) in [4.78, 5) is 31.6. The summed E-state index contributed by atoms with van der Waals surface area (Å²) in [5, 5.41) is 11.6. The van der Waals surface area contributed by atoms with Gasteiger partial charge in [0.2, 0.25) is 5.91 Å². The minimum Gasteiger partial charge on any atom is -0.388 e. The number of hydrogen-bond acceptors (Lipinski definition) is 4. The molecule has 1 saturated heterocycles. The number of benzene rings is 1. The van der Waals surface area contributed by atoms with Crippen molar-refractivity contribution in [2.45, 2.75) is 51.2 Å². The summed E-state index contributed by atoms with van der Waals surface area (Å²) in [6.07, 6.45) is 3.61. The van der Waals surface area contributed by atoms with Crippen LogP contribution in [0.3, 0.4) is 0 Å². The molecule has 1 aliphatic heterocycles. The summed E-state index contributed by atoms with van der Waals surface area (Å²) in [6.45, 7) is 3.32. The van der Waals surface area contributed by atoms with Crippen LogP contribution < -0.4 is 5.56 Å². The van der Waals surface area contributed by atoms with Gasteiger partial charge in [-0.05, 0) is 37.8 Å². The van der Waals surface area contributed by atoms with Gasteiger partial charge in [-0.2, -0.15) is 0 Å². The number of nitrogens with zero attached hydrogens (tertiary/aromatic N) is 3. The van der Waals surface area contributed by atoms with E-state index >= 15 is 0 Å². The molecule has 138 valence electrons. The number of carbonyl (C=O) groups excluding carboxylic acids is 1. The third-order valence-corrected chi connectivity index (χ3v) is 5.64. The van der Waals surface area contributed by atoms with Crippen LogP contribution in [0.15, 0.2) is 29.1 Å². The van der Waals surface area contributed by atoms with E-state index in [2.05, 4.69) is 4.98 Å². The Kier molecular flexibility index (Phi) is 4.31. The highest BCUT2D eigenvalue weighted by molar-refractivity contribution is 5.81. The third kappa shape index (κ3) is 3.14. The van der Waals surface area contributed by atoms with Crippen molar-refractivity contribution in [3.8, 4) is 0 Å². The van der Waals surface area contributed by atoms with Crippen LogP contribution in [-0.4, -0.2) is 44.2 Å². The molecule has 0 unspecified atom stereocenters. The fourth-order valence-electron chi connectivity index (χ4n) is 3.83. The van der Waals surface area contributed by atoms with Crippen molar-refractivity contribution in [1.82, 2.24) is 14.5 Å². The van der Waals surface area contributed by atoms with E-state index in [9.17, 15) is 14.7 Å². The normalized spacial score (nSPS) is 19.7. The Labute approximate surface area is 152 Å². The van der Waals surface area contributed by atoms with E-state index in [4.69, 9.17) is 0 Å². The van der Waals surface area contributed by atoms with Gasteiger partial charge in [0.1, 0.15) is 5.82 Å². The number of likely N-dealkylation sites (tertiary alicyclic amines) is 1. The molecule has 2 fully saturated rings. The van der Waals surface area contributed by atoms with Gasteiger partial charge in [-0.25, -0.2) is 4.98 Å².